The van der Waals surface area contributed by atoms with E-state index in [-0.39, 0.29) is 31.0 Å². The second-order valence-electron chi connectivity index (χ2n) is 5.26. The first-order valence-corrected chi connectivity index (χ1v) is 7.21. The molecular weight excluding hydrogens is 262 g/mol. The lowest BCUT2D eigenvalue weighted by Crippen LogP contribution is -2.39. The third-order valence-electron chi connectivity index (χ3n) is 3.35. The molecule has 0 unspecified atom stereocenters. The predicted molar refractivity (Wildman–Crippen MR) is 73.5 cm³/mol. The normalized spacial score (nSPS) is 16.4. The fourth-order valence-electron chi connectivity index (χ4n) is 2.19. The van der Waals surface area contributed by atoms with E-state index in [1.54, 1.807) is 4.90 Å². The fourth-order valence-corrected chi connectivity index (χ4v) is 2.19. The van der Waals surface area contributed by atoms with E-state index in [4.69, 9.17) is 14.6 Å². The van der Waals surface area contributed by atoms with Crippen LogP contribution in [0, 0.1) is 0 Å². The molecular formula is C14H25NO5. The van der Waals surface area contributed by atoms with Crippen molar-refractivity contribution in [1.29, 1.82) is 0 Å². The van der Waals surface area contributed by atoms with Crippen molar-refractivity contribution in [2.45, 2.75) is 51.7 Å². The minimum atomic E-state index is -0.887. The molecule has 116 valence electrons. The van der Waals surface area contributed by atoms with Gasteiger partial charge in [-0.15, -0.1) is 0 Å². The second-order valence-corrected chi connectivity index (χ2v) is 5.26. The molecule has 1 aliphatic rings. The maximum Gasteiger partial charge on any atom is 0.305 e. The van der Waals surface area contributed by atoms with Crippen LogP contribution in [0.1, 0.15) is 39.5 Å². The maximum atomic E-state index is 12.1. The summed E-state index contributed by atoms with van der Waals surface area (Å²) >= 11 is 0. The molecule has 1 N–H and O–H groups in total. The molecule has 20 heavy (non-hydrogen) atoms. The van der Waals surface area contributed by atoms with Gasteiger partial charge in [-0.05, 0) is 26.7 Å². The average molecular weight is 287 g/mol. The Morgan fingerprint density at radius 2 is 1.95 bits per heavy atom. The quantitative estimate of drug-likeness (QED) is 0.728. The molecule has 0 aromatic heterocycles. The molecule has 1 amide bonds. The lowest BCUT2D eigenvalue weighted by Gasteiger charge is -2.27. The highest BCUT2D eigenvalue weighted by atomic mass is 16.5. The maximum absolute atomic E-state index is 12.1. The van der Waals surface area contributed by atoms with Crippen LogP contribution in [0.5, 0.6) is 0 Å². The van der Waals surface area contributed by atoms with Crippen molar-refractivity contribution < 1.29 is 24.2 Å². The highest BCUT2D eigenvalue weighted by molar-refractivity contribution is 5.77. The highest BCUT2D eigenvalue weighted by Crippen LogP contribution is 2.11. The number of hydrogen-bond donors (Lipinski definition) is 1. The number of amides is 1. The summed E-state index contributed by atoms with van der Waals surface area (Å²) in [6, 6.07) is 0.00457. The lowest BCUT2D eigenvalue weighted by atomic mass is 10.1. The summed E-state index contributed by atoms with van der Waals surface area (Å²) in [6.45, 7) is 5.85. The van der Waals surface area contributed by atoms with Gasteiger partial charge in [0, 0.05) is 25.8 Å². The van der Waals surface area contributed by atoms with Gasteiger partial charge in [-0.25, -0.2) is 0 Å². The van der Waals surface area contributed by atoms with Crippen molar-refractivity contribution in [3.05, 3.63) is 0 Å². The molecule has 1 aliphatic heterocycles. The van der Waals surface area contributed by atoms with Crippen molar-refractivity contribution in [2.24, 2.45) is 0 Å². The van der Waals surface area contributed by atoms with E-state index in [1.165, 1.54) is 0 Å². The molecule has 1 fully saturated rings. The van der Waals surface area contributed by atoms with Crippen LogP contribution in [-0.2, 0) is 19.1 Å². The Balaban J connectivity index is 2.28. The fraction of sp³-hybridized carbons (Fsp3) is 0.857. The standard InChI is InChI=1S/C14H25NO5/c1-11(2)15(7-3-14(17)18)13(16)6-10-20-12-4-8-19-9-5-12/h11-12H,3-10H2,1-2H3,(H,17,18). The average Bonchev–Trinajstić information content (AvgIpc) is 2.39. The smallest absolute Gasteiger partial charge is 0.305 e. The summed E-state index contributed by atoms with van der Waals surface area (Å²) < 4.78 is 10.9. The Morgan fingerprint density at radius 1 is 1.30 bits per heavy atom. The number of carbonyl (C=O) groups is 2. The van der Waals surface area contributed by atoms with E-state index in [0.29, 0.717) is 13.0 Å². The third kappa shape index (κ3) is 6.34. The Morgan fingerprint density at radius 3 is 2.50 bits per heavy atom. The molecule has 0 radical (unpaired) electrons. The zero-order valence-electron chi connectivity index (χ0n) is 12.3. The first-order chi connectivity index (χ1) is 9.50. The molecule has 0 aromatic rings. The molecule has 0 saturated carbocycles. The van der Waals surface area contributed by atoms with Gasteiger partial charge in [0.25, 0.3) is 0 Å². The highest BCUT2D eigenvalue weighted by Gasteiger charge is 2.19. The van der Waals surface area contributed by atoms with Crippen LogP contribution < -0.4 is 0 Å². The van der Waals surface area contributed by atoms with Gasteiger partial charge in [0.15, 0.2) is 0 Å². The molecule has 1 rings (SSSR count). The third-order valence-corrected chi connectivity index (χ3v) is 3.35. The summed E-state index contributed by atoms with van der Waals surface area (Å²) in [7, 11) is 0. The van der Waals surface area contributed by atoms with E-state index in [9.17, 15) is 9.59 Å². The van der Waals surface area contributed by atoms with Crippen molar-refractivity contribution in [1.82, 2.24) is 4.90 Å². The molecule has 6 nitrogen and oxygen atoms in total. The van der Waals surface area contributed by atoms with Crippen LogP contribution in [0.25, 0.3) is 0 Å². The van der Waals surface area contributed by atoms with Crippen LogP contribution in [0.3, 0.4) is 0 Å². The summed E-state index contributed by atoms with van der Waals surface area (Å²) in [6.07, 6.45) is 2.21. The number of ether oxygens (including phenoxy) is 2. The van der Waals surface area contributed by atoms with Gasteiger partial charge < -0.3 is 19.5 Å². The van der Waals surface area contributed by atoms with Gasteiger partial charge in [-0.2, -0.15) is 0 Å². The Bertz CT molecular complexity index is 313. The number of hydrogen-bond acceptors (Lipinski definition) is 4. The minimum absolute atomic E-state index is 0.00457. The summed E-state index contributed by atoms with van der Waals surface area (Å²) in [4.78, 5) is 24.3. The number of rotatable bonds is 8. The molecule has 0 bridgehead atoms. The Kier molecular flexibility index (Phi) is 7.54. The van der Waals surface area contributed by atoms with Gasteiger partial charge in [0.1, 0.15) is 0 Å². The number of carboxylic acids is 1. The number of carbonyl (C=O) groups excluding carboxylic acids is 1. The van der Waals surface area contributed by atoms with Gasteiger partial charge in [-0.1, -0.05) is 0 Å². The largest absolute Gasteiger partial charge is 0.481 e. The van der Waals surface area contributed by atoms with Crippen molar-refractivity contribution in [2.75, 3.05) is 26.4 Å². The summed E-state index contributed by atoms with van der Waals surface area (Å²) in [5.41, 5.74) is 0. The van der Waals surface area contributed by atoms with E-state index < -0.39 is 5.97 Å². The molecule has 1 saturated heterocycles. The van der Waals surface area contributed by atoms with Crippen LogP contribution in [0.2, 0.25) is 0 Å². The molecule has 0 atom stereocenters. The summed E-state index contributed by atoms with van der Waals surface area (Å²) in [5.74, 6) is -0.935. The molecule has 1 heterocycles. The SMILES string of the molecule is CC(C)N(CCC(=O)O)C(=O)CCOC1CCOCC1. The van der Waals surface area contributed by atoms with E-state index >= 15 is 0 Å². The van der Waals surface area contributed by atoms with Crippen LogP contribution >= 0.6 is 0 Å². The second kappa shape index (κ2) is 8.92. The number of aliphatic carboxylic acids is 1. The van der Waals surface area contributed by atoms with Crippen molar-refractivity contribution >= 4 is 11.9 Å². The lowest BCUT2D eigenvalue weighted by molar-refractivity contribution is -0.139. The molecule has 0 aliphatic carbocycles. The van der Waals surface area contributed by atoms with E-state index in [1.807, 2.05) is 13.8 Å². The minimum Gasteiger partial charge on any atom is -0.481 e. The zero-order valence-corrected chi connectivity index (χ0v) is 12.3. The Hall–Kier alpha value is -1.14. The van der Waals surface area contributed by atoms with Crippen LogP contribution in [-0.4, -0.2) is 60.4 Å². The Labute approximate surface area is 120 Å². The number of nitrogens with zero attached hydrogens (tertiary/aromatic N) is 1. The van der Waals surface area contributed by atoms with Gasteiger partial charge in [-0.3, -0.25) is 9.59 Å². The zero-order chi connectivity index (χ0) is 15.0. The predicted octanol–water partition coefficient (Wildman–Crippen LogP) is 1.28. The van der Waals surface area contributed by atoms with Gasteiger partial charge in [0.05, 0.1) is 25.6 Å². The van der Waals surface area contributed by atoms with Crippen molar-refractivity contribution in [3.63, 3.8) is 0 Å². The number of carboxylic acid groups (broad SMARTS) is 1. The van der Waals surface area contributed by atoms with Gasteiger partial charge >= 0.3 is 5.97 Å². The van der Waals surface area contributed by atoms with Gasteiger partial charge in [0.2, 0.25) is 5.91 Å². The summed E-state index contributed by atoms with van der Waals surface area (Å²) in [5, 5.41) is 8.70. The first kappa shape index (κ1) is 16.9. The molecule has 6 heteroatoms. The van der Waals surface area contributed by atoms with Crippen molar-refractivity contribution in [3.8, 4) is 0 Å². The van der Waals surface area contributed by atoms with E-state index in [0.717, 1.165) is 26.1 Å². The molecule has 0 spiro atoms. The molecule has 0 aromatic carbocycles. The topological polar surface area (TPSA) is 76.1 Å². The van der Waals surface area contributed by atoms with Crippen LogP contribution in [0.15, 0.2) is 0 Å². The van der Waals surface area contributed by atoms with E-state index in [2.05, 4.69) is 0 Å². The first-order valence-electron chi connectivity index (χ1n) is 7.21. The van der Waals surface area contributed by atoms with Crippen LogP contribution in [0.4, 0.5) is 0 Å². The monoisotopic (exact) mass is 287 g/mol.